The number of nitrogens with zero attached hydrogens (tertiary/aromatic N) is 3. The highest BCUT2D eigenvalue weighted by molar-refractivity contribution is 5.60. The van der Waals surface area contributed by atoms with Crippen molar-refractivity contribution < 1.29 is 24.4 Å². The van der Waals surface area contributed by atoms with Crippen LogP contribution in [0.4, 0.5) is 0 Å². The normalized spacial score (nSPS) is 33.2. The Kier molecular flexibility index (Phi) is 4.18. The van der Waals surface area contributed by atoms with Gasteiger partial charge in [0.2, 0.25) is 12.7 Å². The predicted molar refractivity (Wildman–Crippen MR) is 116 cm³/mol. The summed E-state index contributed by atoms with van der Waals surface area (Å²) in [4.78, 5) is 27.8. The maximum atomic E-state index is 13.3. The molecule has 10 heteroatoms. The fourth-order valence-corrected chi connectivity index (χ4v) is 6.16. The Balaban J connectivity index is 1.69. The van der Waals surface area contributed by atoms with Gasteiger partial charge in [-0.15, -0.1) is 0 Å². The summed E-state index contributed by atoms with van der Waals surface area (Å²) < 4.78 is 18.9. The molecular formula is C23H25N3O7. The third-order valence-corrected chi connectivity index (χ3v) is 7.81. The van der Waals surface area contributed by atoms with Gasteiger partial charge in [-0.2, -0.15) is 0 Å². The highest BCUT2D eigenvalue weighted by Crippen LogP contribution is 2.58. The van der Waals surface area contributed by atoms with Gasteiger partial charge < -0.3 is 24.4 Å². The fourth-order valence-electron chi connectivity index (χ4n) is 6.16. The Labute approximate surface area is 188 Å². The third-order valence-electron chi connectivity index (χ3n) is 7.81. The zero-order chi connectivity index (χ0) is 23.2. The van der Waals surface area contributed by atoms with E-state index in [-0.39, 0.29) is 36.9 Å². The molecule has 0 saturated carbocycles. The van der Waals surface area contributed by atoms with Crippen molar-refractivity contribution in [3.63, 3.8) is 0 Å². The van der Waals surface area contributed by atoms with Gasteiger partial charge in [-0.3, -0.25) is 18.8 Å². The Morgan fingerprint density at radius 3 is 2.61 bits per heavy atom. The molecule has 4 heterocycles. The van der Waals surface area contributed by atoms with Gasteiger partial charge in [0.1, 0.15) is 0 Å². The number of aliphatic hydroxyl groups is 1. The van der Waals surface area contributed by atoms with Crippen molar-refractivity contribution in [3.8, 4) is 17.4 Å². The first-order chi connectivity index (χ1) is 15.8. The van der Waals surface area contributed by atoms with Gasteiger partial charge >= 0.3 is 5.69 Å². The van der Waals surface area contributed by atoms with Crippen molar-refractivity contribution in [2.24, 2.45) is 14.1 Å². The third kappa shape index (κ3) is 2.43. The van der Waals surface area contributed by atoms with Crippen LogP contribution < -0.4 is 20.7 Å². The van der Waals surface area contributed by atoms with E-state index in [1.165, 1.54) is 14.1 Å². The molecule has 33 heavy (non-hydrogen) atoms. The van der Waals surface area contributed by atoms with Crippen LogP contribution in [0.25, 0.3) is 0 Å². The number of rotatable bonds is 2. The van der Waals surface area contributed by atoms with E-state index in [2.05, 4.69) is 0 Å². The summed E-state index contributed by atoms with van der Waals surface area (Å²) in [6, 6.07) is 2.82. The Hall–Kier alpha value is -3.08. The first-order valence-electron chi connectivity index (χ1n) is 10.9. The molecule has 6 atom stereocenters. The largest absolute Gasteiger partial charge is 0.494 e. The number of hydrogen-bond donors (Lipinski definition) is 2. The van der Waals surface area contributed by atoms with E-state index in [1.54, 1.807) is 7.11 Å². The van der Waals surface area contributed by atoms with E-state index in [0.717, 1.165) is 20.3 Å². The number of methoxy groups -OCH3 is 1. The van der Waals surface area contributed by atoms with E-state index in [1.807, 2.05) is 29.2 Å². The quantitative estimate of drug-likeness (QED) is 0.603. The van der Waals surface area contributed by atoms with Crippen molar-refractivity contribution in [1.29, 1.82) is 0 Å². The first kappa shape index (κ1) is 20.5. The second-order valence-electron chi connectivity index (χ2n) is 9.17. The molecule has 174 valence electrons. The van der Waals surface area contributed by atoms with Crippen LogP contribution in [0.5, 0.6) is 17.4 Å². The Morgan fingerprint density at radius 2 is 1.88 bits per heavy atom. The molecule has 0 radical (unpaired) electrons. The van der Waals surface area contributed by atoms with Crippen LogP contribution in [0.3, 0.4) is 0 Å². The van der Waals surface area contributed by atoms with Crippen LogP contribution in [0.1, 0.15) is 29.2 Å². The van der Waals surface area contributed by atoms with E-state index < -0.39 is 28.8 Å². The molecule has 1 unspecified atom stereocenters. The summed E-state index contributed by atoms with van der Waals surface area (Å²) >= 11 is 0. The van der Waals surface area contributed by atoms with Gasteiger partial charge in [-0.25, -0.2) is 4.79 Å². The molecule has 2 bridgehead atoms. The number of fused-ring (bicyclic) bond motifs is 2. The monoisotopic (exact) mass is 455 g/mol. The number of aromatic hydroxyl groups is 1. The topological polar surface area (TPSA) is 115 Å². The molecule has 1 aromatic heterocycles. The maximum Gasteiger partial charge on any atom is 0.333 e. The number of aliphatic hydroxyl groups excluding tert-OH is 1. The summed E-state index contributed by atoms with van der Waals surface area (Å²) in [5, 5.41) is 22.4. The average molecular weight is 455 g/mol. The molecular weight excluding hydrogens is 430 g/mol. The smallest absolute Gasteiger partial charge is 0.333 e. The van der Waals surface area contributed by atoms with Gasteiger partial charge in [0.25, 0.3) is 5.56 Å². The highest BCUT2D eigenvalue weighted by Gasteiger charge is 2.62. The molecule has 1 aromatic carbocycles. The minimum absolute atomic E-state index is 0.0834. The zero-order valence-corrected chi connectivity index (χ0v) is 18.5. The molecule has 10 nitrogen and oxygen atoms in total. The summed E-state index contributed by atoms with van der Waals surface area (Å²) in [5.41, 5.74) is -0.260. The minimum atomic E-state index is -0.751. The van der Waals surface area contributed by atoms with Crippen molar-refractivity contribution in [2.75, 3.05) is 20.4 Å². The lowest BCUT2D eigenvalue weighted by molar-refractivity contribution is 0.0586. The predicted octanol–water partition coefficient (Wildman–Crippen LogP) is -0.121. The zero-order valence-electron chi connectivity index (χ0n) is 18.5. The van der Waals surface area contributed by atoms with Gasteiger partial charge in [0.05, 0.1) is 29.2 Å². The molecule has 3 aliphatic heterocycles. The number of aromatic nitrogens is 2. The van der Waals surface area contributed by atoms with Crippen LogP contribution in [0.2, 0.25) is 0 Å². The van der Waals surface area contributed by atoms with Crippen LogP contribution in [-0.2, 0) is 24.2 Å². The van der Waals surface area contributed by atoms with Crippen molar-refractivity contribution in [1.82, 2.24) is 14.0 Å². The van der Waals surface area contributed by atoms with Crippen molar-refractivity contribution in [3.05, 3.63) is 61.8 Å². The lowest BCUT2D eigenvalue weighted by atomic mass is 9.63. The lowest BCUT2D eigenvalue weighted by Gasteiger charge is -2.49. The van der Waals surface area contributed by atoms with E-state index in [4.69, 9.17) is 14.2 Å². The van der Waals surface area contributed by atoms with E-state index in [0.29, 0.717) is 17.9 Å². The van der Waals surface area contributed by atoms with Gasteiger partial charge in [0, 0.05) is 33.8 Å². The van der Waals surface area contributed by atoms with E-state index in [9.17, 15) is 19.8 Å². The number of ether oxygens (including phenoxy) is 3. The van der Waals surface area contributed by atoms with Gasteiger partial charge in [-0.1, -0.05) is 12.2 Å². The molecule has 4 aliphatic rings. The van der Waals surface area contributed by atoms with Gasteiger partial charge in [-0.05, 0) is 29.7 Å². The summed E-state index contributed by atoms with van der Waals surface area (Å²) in [6.45, 7) is 0.364. The summed E-state index contributed by atoms with van der Waals surface area (Å²) in [7, 11) is 4.46. The average Bonchev–Trinajstić information content (AvgIpc) is 3.37. The number of benzene rings is 1. The van der Waals surface area contributed by atoms with Crippen LogP contribution >= 0.6 is 0 Å². The standard InChI is InChI=1S/C23H25N3O7/c1-24-20(28)18(21(29)25(2)22(24)30)19-12-7-14-15(33-10-32-14)8-13(12)23-5-4-11(31-3)6-16(23)26(19)9-17(23)27/h4-5,7-8,11,16-17,19,27-28H,6,9-10H2,1-3H3/t11-,16+,17+,19+,23+/m1/s1. The lowest BCUT2D eigenvalue weighted by Crippen LogP contribution is -2.54. The molecule has 1 aliphatic carbocycles. The van der Waals surface area contributed by atoms with Crippen LogP contribution in [0.15, 0.2) is 33.9 Å². The molecule has 6 rings (SSSR count). The summed E-state index contributed by atoms with van der Waals surface area (Å²) in [5.74, 6) is 0.729. The molecule has 1 fully saturated rings. The van der Waals surface area contributed by atoms with E-state index >= 15 is 0 Å². The first-order valence-corrected chi connectivity index (χ1v) is 10.9. The second kappa shape index (κ2) is 6.72. The highest BCUT2D eigenvalue weighted by atomic mass is 16.7. The van der Waals surface area contributed by atoms with Gasteiger partial charge in [0.15, 0.2) is 11.5 Å². The molecule has 2 aromatic rings. The molecule has 0 amide bonds. The molecule has 0 spiro atoms. The summed E-state index contributed by atoms with van der Waals surface area (Å²) in [6.07, 6.45) is 3.68. The van der Waals surface area contributed by atoms with Crippen LogP contribution in [-0.4, -0.2) is 62.9 Å². The van der Waals surface area contributed by atoms with Crippen molar-refractivity contribution >= 4 is 0 Å². The Morgan fingerprint density at radius 1 is 1.15 bits per heavy atom. The molecule has 2 N–H and O–H groups in total. The SMILES string of the molecule is CO[C@@H]1C=C[C@@]23c4cc5c(cc4[C@@H](c4c(O)n(C)c(=O)n(C)c4=O)N(C[C@@H]2O)[C@H]3C1)OCO5. The maximum absolute atomic E-state index is 13.3. The molecule has 1 saturated heterocycles. The van der Waals surface area contributed by atoms with Crippen LogP contribution in [0, 0.1) is 0 Å². The second-order valence-corrected chi connectivity index (χ2v) is 9.17. The Bertz CT molecular complexity index is 1330. The fraction of sp³-hybridized carbons (Fsp3) is 0.478. The van der Waals surface area contributed by atoms with Crippen molar-refractivity contribution in [2.45, 2.75) is 36.1 Å². The minimum Gasteiger partial charge on any atom is -0.494 e. The number of hydrogen-bond acceptors (Lipinski definition) is 8.